The maximum atomic E-state index is 12.6. The van der Waals surface area contributed by atoms with E-state index in [9.17, 15) is 9.59 Å². The van der Waals surface area contributed by atoms with Crippen LogP contribution in [-0.4, -0.2) is 16.7 Å². The van der Waals surface area contributed by atoms with Crippen molar-refractivity contribution in [1.29, 1.82) is 0 Å². The van der Waals surface area contributed by atoms with E-state index in [4.69, 9.17) is 0 Å². The van der Waals surface area contributed by atoms with E-state index in [1.165, 1.54) is 4.90 Å². The molecule has 1 saturated heterocycles. The van der Waals surface area contributed by atoms with E-state index in [0.29, 0.717) is 18.4 Å². The van der Waals surface area contributed by atoms with Crippen molar-refractivity contribution in [2.75, 3.05) is 0 Å². The smallest absolute Gasteiger partial charge is 0.234 e. The minimum atomic E-state index is -0.0819. The molecule has 0 aromatic heterocycles. The van der Waals surface area contributed by atoms with Crippen LogP contribution in [0.25, 0.3) is 0 Å². The molecule has 0 spiro atoms. The molecule has 2 aliphatic carbocycles. The van der Waals surface area contributed by atoms with Crippen LogP contribution in [0.3, 0.4) is 0 Å². The van der Waals surface area contributed by atoms with E-state index in [1.807, 2.05) is 31.2 Å². The van der Waals surface area contributed by atoms with E-state index >= 15 is 0 Å². The highest BCUT2D eigenvalue weighted by Gasteiger charge is 2.59. The molecule has 1 heterocycles. The average molecular weight is 267 g/mol. The second-order valence-electron chi connectivity index (χ2n) is 6.19. The van der Waals surface area contributed by atoms with Crippen LogP contribution in [0.4, 0.5) is 0 Å². The molecule has 20 heavy (non-hydrogen) atoms. The van der Waals surface area contributed by atoms with Gasteiger partial charge in [-0.1, -0.05) is 36.4 Å². The first kappa shape index (κ1) is 11.9. The second-order valence-corrected chi connectivity index (χ2v) is 6.19. The van der Waals surface area contributed by atoms with Crippen molar-refractivity contribution in [2.45, 2.75) is 19.9 Å². The monoisotopic (exact) mass is 267 g/mol. The van der Waals surface area contributed by atoms with Crippen LogP contribution in [0.15, 0.2) is 36.4 Å². The molecule has 4 atom stereocenters. The number of fused-ring (bicyclic) bond motifs is 5. The number of carbonyl (C=O) groups is 2. The van der Waals surface area contributed by atoms with Crippen molar-refractivity contribution in [2.24, 2.45) is 23.7 Å². The Labute approximate surface area is 118 Å². The third kappa shape index (κ3) is 1.46. The molecule has 4 rings (SSSR count). The lowest BCUT2D eigenvalue weighted by molar-refractivity contribution is -0.141. The predicted octanol–water partition coefficient (Wildman–Crippen LogP) is 2.30. The first-order valence-electron chi connectivity index (χ1n) is 7.25. The van der Waals surface area contributed by atoms with Crippen molar-refractivity contribution in [3.8, 4) is 0 Å². The van der Waals surface area contributed by atoms with E-state index in [0.717, 1.165) is 17.5 Å². The second kappa shape index (κ2) is 4.05. The minimum Gasteiger partial charge on any atom is -0.278 e. The molecule has 1 aromatic carbocycles. The molecule has 2 amide bonds. The highest BCUT2D eigenvalue weighted by molar-refractivity contribution is 6.06. The number of hydrogen-bond acceptors (Lipinski definition) is 2. The fourth-order valence-corrected chi connectivity index (χ4v) is 4.08. The Morgan fingerprint density at radius 1 is 1.05 bits per heavy atom. The van der Waals surface area contributed by atoms with Gasteiger partial charge in [-0.25, -0.2) is 0 Å². The number of nitrogens with zero attached hydrogens (tertiary/aromatic N) is 1. The summed E-state index contributed by atoms with van der Waals surface area (Å²) < 4.78 is 0. The minimum absolute atomic E-state index is 0.0418. The lowest BCUT2D eigenvalue weighted by Gasteiger charge is -2.18. The number of allylic oxidation sites excluding steroid dienone is 2. The van der Waals surface area contributed by atoms with Gasteiger partial charge in [0.15, 0.2) is 0 Å². The van der Waals surface area contributed by atoms with Gasteiger partial charge in [-0.3, -0.25) is 14.5 Å². The molecule has 3 heteroatoms. The Kier molecular flexibility index (Phi) is 2.40. The van der Waals surface area contributed by atoms with Gasteiger partial charge in [0.1, 0.15) is 0 Å². The van der Waals surface area contributed by atoms with Crippen LogP contribution in [-0.2, 0) is 16.1 Å². The molecule has 1 aromatic rings. The molecule has 102 valence electrons. The summed E-state index contributed by atoms with van der Waals surface area (Å²) in [7, 11) is 0. The molecule has 3 aliphatic rings. The molecule has 1 saturated carbocycles. The van der Waals surface area contributed by atoms with Gasteiger partial charge >= 0.3 is 0 Å². The number of benzene rings is 1. The highest BCUT2D eigenvalue weighted by Crippen LogP contribution is 2.52. The number of hydrogen-bond donors (Lipinski definition) is 0. The average Bonchev–Trinajstić information content (AvgIpc) is 3.10. The first-order valence-corrected chi connectivity index (χ1v) is 7.25. The Hall–Kier alpha value is -1.90. The van der Waals surface area contributed by atoms with E-state index in [2.05, 4.69) is 12.2 Å². The van der Waals surface area contributed by atoms with Crippen LogP contribution >= 0.6 is 0 Å². The summed E-state index contributed by atoms with van der Waals surface area (Å²) in [5.74, 6) is 0.509. The molecule has 1 aliphatic heterocycles. The molecule has 3 nitrogen and oxygen atoms in total. The summed E-state index contributed by atoms with van der Waals surface area (Å²) in [6.07, 6.45) is 5.26. The summed E-state index contributed by atoms with van der Waals surface area (Å²) in [6.45, 7) is 2.45. The van der Waals surface area contributed by atoms with Crippen molar-refractivity contribution in [3.05, 3.63) is 47.5 Å². The topological polar surface area (TPSA) is 37.4 Å². The Bertz CT molecular complexity index is 604. The van der Waals surface area contributed by atoms with Crippen LogP contribution in [0.5, 0.6) is 0 Å². The predicted molar refractivity (Wildman–Crippen MR) is 74.5 cm³/mol. The third-order valence-electron chi connectivity index (χ3n) is 5.15. The van der Waals surface area contributed by atoms with Gasteiger partial charge < -0.3 is 0 Å². The first-order chi connectivity index (χ1) is 9.66. The Balaban J connectivity index is 1.64. The number of aryl methyl sites for hydroxylation is 1. The maximum absolute atomic E-state index is 12.6. The quantitative estimate of drug-likeness (QED) is 0.609. The van der Waals surface area contributed by atoms with E-state index in [-0.39, 0.29) is 23.7 Å². The van der Waals surface area contributed by atoms with Crippen molar-refractivity contribution >= 4 is 11.8 Å². The van der Waals surface area contributed by atoms with Gasteiger partial charge in [0.05, 0.1) is 18.4 Å². The zero-order chi connectivity index (χ0) is 13.9. The summed E-state index contributed by atoms with van der Waals surface area (Å²) in [5, 5.41) is 0. The zero-order valence-electron chi connectivity index (χ0n) is 11.5. The molecular weight excluding hydrogens is 250 g/mol. The van der Waals surface area contributed by atoms with Crippen LogP contribution in [0.1, 0.15) is 17.5 Å². The normalized spacial score (nSPS) is 34.1. The zero-order valence-corrected chi connectivity index (χ0v) is 11.5. The fraction of sp³-hybridized carbons (Fsp3) is 0.412. The highest BCUT2D eigenvalue weighted by atomic mass is 16.2. The van der Waals surface area contributed by atoms with Gasteiger partial charge in [-0.2, -0.15) is 0 Å². The maximum Gasteiger partial charge on any atom is 0.234 e. The molecule has 0 radical (unpaired) electrons. The van der Waals surface area contributed by atoms with Gasteiger partial charge in [-0.15, -0.1) is 0 Å². The van der Waals surface area contributed by atoms with Gasteiger partial charge in [0.25, 0.3) is 0 Å². The SMILES string of the molecule is Cc1ccccc1CN1C(=O)[C@@H]2[C@@H](C1=O)[C@H]1C=C[C@H]2C1. The standard InChI is InChI=1S/C17H17NO2/c1-10-4-2-3-5-13(10)9-18-16(19)14-11-6-7-12(8-11)15(14)17(18)20/h2-7,11-12,14-15H,8-9H2,1H3/t11-,12-,14-,15-/m0/s1. The molecule has 2 bridgehead atoms. The van der Waals surface area contributed by atoms with Crippen molar-refractivity contribution in [3.63, 3.8) is 0 Å². The lowest BCUT2D eigenvalue weighted by Crippen LogP contribution is -2.32. The fourth-order valence-electron chi connectivity index (χ4n) is 4.08. The van der Waals surface area contributed by atoms with Crippen LogP contribution in [0, 0.1) is 30.6 Å². The van der Waals surface area contributed by atoms with E-state index < -0.39 is 0 Å². The van der Waals surface area contributed by atoms with E-state index in [1.54, 1.807) is 0 Å². The van der Waals surface area contributed by atoms with Crippen LogP contribution < -0.4 is 0 Å². The molecule has 0 unspecified atom stereocenters. The summed E-state index contributed by atoms with van der Waals surface area (Å²) in [4.78, 5) is 26.6. The number of rotatable bonds is 2. The molecular formula is C17H17NO2. The largest absolute Gasteiger partial charge is 0.278 e. The number of likely N-dealkylation sites (tertiary alicyclic amines) is 1. The number of amides is 2. The van der Waals surface area contributed by atoms with Crippen molar-refractivity contribution in [1.82, 2.24) is 4.90 Å². The summed E-state index contributed by atoms with van der Waals surface area (Å²) in [6, 6.07) is 7.95. The summed E-state index contributed by atoms with van der Waals surface area (Å²) >= 11 is 0. The van der Waals surface area contributed by atoms with Gasteiger partial charge in [0, 0.05) is 0 Å². The molecule has 2 fully saturated rings. The van der Waals surface area contributed by atoms with Crippen LogP contribution in [0.2, 0.25) is 0 Å². The molecule has 0 N–H and O–H groups in total. The van der Waals surface area contributed by atoms with Crippen molar-refractivity contribution < 1.29 is 9.59 Å². The van der Waals surface area contributed by atoms with Gasteiger partial charge in [0.2, 0.25) is 11.8 Å². The third-order valence-corrected chi connectivity index (χ3v) is 5.15. The Morgan fingerprint density at radius 2 is 1.65 bits per heavy atom. The lowest BCUT2D eigenvalue weighted by atomic mass is 9.85. The summed E-state index contributed by atoms with van der Waals surface area (Å²) in [5.41, 5.74) is 2.20. The number of carbonyl (C=O) groups excluding carboxylic acids is 2. The van der Waals surface area contributed by atoms with Gasteiger partial charge in [-0.05, 0) is 36.3 Å². The Morgan fingerprint density at radius 3 is 2.25 bits per heavy atom. The number of imide groups is 1.